The van der Waals surface area contributed by atoms with Crippen LogP contribution in [-0.2, 0) is 0 Å². The van der Waals surface area contributed by atoms with Crippen molar-refractivity contribution in [2.45, 2.75) is 17.4 Å². The van der Waals surface area contributed by atoms with Crippen LogP contribution in [0.5, 0.6) is 0 Å². The fourth-order valence-electron chi connectivity index (χ4n) is 0.899. The maximum absolute atomic E-state index is 12.5. The molecule has 0 bridgehead atoms. The van der Waals surface area contributed by atoms with Crippen molar-refractivity contribution in [3.8, 4) is 6.07 Å². The summed E-state index contributed by atoms with van der Waals surface area (Å²) < 4.78 is 12.5. The molecule has 0 radical (unpaired) electrons. The highest BCUT2D eigenvalue weighted by molar-refractivity contribution is 7.99. The summed E-state index contributed by atoms with van der Waals surface area (Å²) in [5.41, 5.74) is 5.43. The molecule has 14 heavy (non-hydrogen) atoms. The van der Waals surface area contributed by atoms with Gasteiger partial charge in [-0.3, -0.25) is 0 Å². The van der Waals surface area contributed by atoms with Crippen molar-refractivity contribution in [2.24, 2.45) is 5.73 Å². The molecule has 2 nitrogen and oxygen atoms in total. The molecular weight excluding hydrogens is 199 g/mol. The Morgan fingerprint density at radius 2 is 2.07 bits per heavy atom. The van der Waals surface area contributed by atoms with Gasteiger partial charge in [-0.2, -0.15) is 5.26 Å². The summed E-state index contributed by atoms with van der Waals surface area (Å²) in [5, 5.41) is 8.43. The third kappa shape index (κ3) is 3.77. The fourth-order valence-corrected chi connectivity index (χ4v) is 1.84. The van der Waals surface area contributed by atoms with E-state index >= 15 is 0 Å². The lowest BCUT2D eigenvalue weighted by atomic mass is 10.3. The van der Waals surface area contributed by atoms with Crippen LogP contribution in [0.4, 0.5) is 4.39 Å². The molecule has 0 fully saturated rings. The summed E-state index contributed by atoms with van der Waals surface area (Å²) in [6.45, 7) is 0. The Balaban J connectivity index is 2.32. The predicted octanol–water partition coefficient (Wildman–Crippen LogP) is 2.16. The maximum Gasteiger partial charge on any atom is 0.123 e. The number of nitriles is 1. The Hall–Kier alpha value is -1.05. The van der Waals surface area contributed by atoms with Gasteiger partial charge in [0.25, 0.3) is 0 Å². The first-order chi connectivity index (χ1) is 6.72. The van der Waals surface area contributed by atoms with E-state index in [4.69, 9.17) is 11.0 Å². The van der Waals surface area contributed by atoms with E-state index in [-0.39, 0.29) is 5.82 Å². The Morgan fingerprint density at radius 3 is 2.64 bits per heavy atom. The lowest BCUT2D eigenvalue weighted by Crippen LogP contribution is -2.17. The van der Waals surface area contributed by atoms with Crippen molar-refractivity contribution < 1.29 is 4.39 Å². The molecule has 1 atom stereocenters. The largest absolute Gasteiger partial charge is 0.316 e. The van der Waals surface area contributed by atoms with E-state index in [2.05, 4.69) is 0 Å². The standard InChI is InChI=1S/C10H11FN2S/c11-8-1-3-10(4-2-8)14-6-5-9(13)7-12/h1-4,9H,5-6,13H2. The van der Waals surface area contributed by atoms with Crippen LogP contribution in [0.3, 0.4) is 0 Å². The van der Waals surface area contributed by atoms with Crippen LogP contribution in [-0.4, -0.2) is 11.8 Å². The number of halogens is 1. The van der Waals surface area contributed by atoms with Gasteiger partial charge in [-0.05, 0) is 30.7 Å². The molecule has 0 saturated heterocycles. The first-order valence-corrected chi connectivity index (χ1v) is 5.24. The van der Waals surface area contributed by atoms with Crippen molar-refractivity contribution in [3.63, 3.8) is 0 Å². The molecule has 1 aromatic rings. The Kier molecular flexibility index (Phi) is 4.44. The maximum atomic E-state index is 12.5. The lowest BCUT2D eigenvalue weighted by molar-refractivity contribution is 0.626. The molecule has 74 valence electrons. The fraction of sp³-hybridized carbons (Fsp3) is 0.300. The number of rotatable bonds is 4. The first-order valence-electron chi connectivity index (χ1n) is 4.26. The van der Waals surface area contributed by atoms with Crippen LogP contribution >= 0.6 is 11.8 Å². The van der Waals surface area contributed by atoms with Gasteiger partial charge >= 0.3 is 0 Å². The van der Waals surface area contributed by atoms with Gasteiger partial charge in [0.15, 0.2) is 0 Å². The van der Waals surface area contributed by atoms with Crippen molar-refractivity contribution in [1.82, 2.24) is 0 Å². The molecular formula is C10H11FN2S. The highest BCUT2D eigenvalue weighted by Crippen LogP contribution is 2.18. The third-order valence-electron chi connectivity index (χ3n) is 1.68. The number of thioether (sulfide) groups is 1. The zero-order chi connectivity index (χ0) is 10.4. The van der Waals surface area contributed by atoms with Gasteiger partial charge in [0.1, 0.15) is 5.82 Å². The zero-order valence-corrected chi connectivity index (χ0v) is 8.43. The normalized spacial score (nSPS) is 12.1. The lowest BCUT2D eigenvalue weighted by Gasteiger charge is -2.02. The van der Waals surface area contributed by atoms with E-state index in [0.29, 0.717) is 6.42 Å². The predicted molar refractivity (Wildman–Crippen MR) is 55.3 cm³/mol. The second-order valence-corrected chi connectivity index (χ2v) is 3.99. The zero-order valence-electron chi connectivity index (χ0n) is 7.61. The average molecular weight is 210 g/mol. The molecule has 0 aliphatic rings. The van der Waals surface area contributed by atoms with Gasteiger partial charge in [-0.1, -0.05) is 0 Å². The summed E-state index contributed by atoms with van der Waals surface area (Å²) in [7, 11) is 0. The molecule has 0 aliphatic heterocycles. The summed E-state index contributed by atoms with van der Waals surface area (Å²) >= 11 is 1.58. The summed E-state index contributed by atoms with van der Waals surface area (Å²) in [6, 6.07) is 7.85. The topological polar surface area (TPSA) is 49.8 Å². The molecule has 0 amide bonds. The van der Waals surface area contributed by atoms with Crippen LogP contribution in [0.25, 0.3) is 0 Å². The number of hydrogen-bond donors (Lipinski definition) is 1. The Bertz CT molecular complexity index is 318. The second-order valence-electron chi connectivity index (χ2n) is 2.83. The van der Waals surface area contributed by atoms with Crippen molar-refractivity contribution in [1.29, 1.82) is 5.26 Å². The summed E-state index contributed by atoms with van der Waals surface area (Å²) in [4.78, 5) is 0.997. The highest BCUT2D eigenvalue weighted by atomic mass is 32.2. The van der Waals surface area contributed by atoms with Gasteiger partial charge in [0.2, 0.25) is 0 Å². The minimum atomic E-state index is -0.400. The molecule has 2 N–H and O–H groups in total. The van der Waals surface area contributed by atoms with Crippen molar-refractivity contribution in [2.75, 3.05) is 5.75 Å². The van der Waals surface area contributed by atoms with E-state index in [1.165, 1.54) is 12.1 Å². The van der Waals surface area contributed by atoms with Crippen LogP contribution in [0.15, 0.2) is 29.2 Å². The van der Waals surface area contributed by atoms with Gasteiger partial charge in [0.05, 0.1) is 12.1 Å². The quantitative estimate of drug-likeness (QED) is 0.775. The molecule has 1 unspecified atom stereocenters. The average Bonchev–Trinajstić information content (AvgIpc) is 2.21. The van der Waals surface area contributed by atoms with Gasteiger partial charge in [-0.25, -0.2) is 4.39 Å². The molecule has 0 aliphatic carbocycles. The minimum absolute atomic E-state index is 0.233. The molecule has 1 aromatic carbocycles. The van der Waals surface area contributed by atoms with E-state index in [1.807, 2.05) is 6.07 Å². The molecule has 0 spiro atoms. The van der Waals surface area contributed by atoms with E-state index in [1.54, 1.807) is 23.9 Å². The van der Waals surface area contributed by atoms with Crippen molar-refractivity contribution in [3.05, 3.63) is 30.1 Å². The summed E-state index contributed by atoms with van der Waals surface area (Å²) in [5.74, 6) is 0.545. The second kappa shape index (κ2) is 5.63. The molecule has 1 rings (SSSR count). The van der Waals surface area contributed by atoms with E-state index < -0.39 is 6.04 Å². The number of nitrogens with two attached hydrogens (primary N) is 1. The Morgan fingerprint density at radius 1 is 1.43 bits per heavy atom. The highest BCUT2D eigenvalue weighted by Gasteiger charge is 2.00. The third-order valence-corrected chi connectivity index (χ3v) is 2.72. The molecule has 4 heteroatoms. The molecule has 0 saturated carbocycles. The number of benzene rings is 1. The van der Waals surface area contributed by atoms with E-state index in [0.717, 1.165) is 10.6 Å². The van der Waals surface area contributed by atoms with Gasteiger partial charge in [-0.15, -0.1) is 11.8 Å². The summed E-state index contributed by atoms with van der Waals surface area (Å²) in [6.07, 6.45) is 0.651. The molecule has 0 heterocycles. The van der Waals surface area contributed by atoms with Crippen LogP contribution in [0.1, 0.15) is 6.42 Å². The van der Waals surface area contributed by atoms with Crippen LogP contribution in [0, 0.1) is 17.1 Å². The van der Waals surface area contributed by atoms with Crippen LogP contribution < -0.4 is 5.73 Å². The smallest absolute Gasteiger partial charge is 0.123 e. The SMILES string of the molecule is N#CC(N)CCSc1ccc(F)cc1. The minimum Gasteiger partial charge on any atom is -0.316 e. The van der Waals surface area contributed by atoms with E-state index in [9.17, 15) is 4.39 Å². The number of hydrogen-bond acceptors (Lipinski definition) is 3. The van der Waals surface area contributed by atoms with Crippen LogP contribution in [0.2, 0.25) is 0 Å². The Labute approximate surface area is 86.9 Å². The first kappa shape index (κ1) is 11.0. The van der Waals surface area contributed by atoms with Gasteiger partial charge in [0, 0.05) is 10.6 Å². The number of nitrogens with zero attached hydrogens (tertiary/aromatic N) is 1. The monoisotopic (exact) mass is 210 g/mol. The molecule has 0 aromatic heterocycles. The van der Waals surface area contributed by atoms with Gasteiger partial charge < -0.3 is 5.73 Å². The van der Waals surface area contributed by atoms with Crippen molar-refractivity contribution >= 4 is 11.8 Å².